The average Bonchev–Trinajstić information content (AvgIpc) is 3.16. The maximum absolute atomic E-state index is 11.7. The summed E-state index contributed by atoms with van der Waals surface area (Å²) >= 11 is 0. The first-order valence-corrected chi connectivity index (χ1v) is 9.78. The van der Waals surface area contributed by atoms with Gasteiger partial charge in [0.05, 0.1) is 30.5 Å². The lowest BCUT2D eigenvalue weighted by atomic mass is 9.75. The van der Waals surface area contributed by atoms with E-state index in [9.17, 15) is 9.90 Å². The molecule has 27 heavy (non-hydrogen) atoms. The fourth-order valence-electron chi connectivity index (χ4n) is 4.27. The van der Waals surface area contributed by atoms with Gasteiger partial charge in [-0.2, -0.15) is 0 Å². The predicted molar refractivity (Wildman–Crippen MR) is 102 cm³/mol. The Balaban J connectivity index is 1.76. The van der Waals surface area contributed by atoms with Gasteiger partial charge < -0.3 is 24.1 Å². The molecule has 3 aliphatic rings. The highest BCUT2D eigenvalue weighted by Gasteiger charge is 2.52. The maximum Gasteiger partial charge on any atom is 0.494 e. The summed E-state index contributed by atoms with van der Waals surface area (Å²) in [5.41, 5.74) is 3.58. The van der Waals surface area contributed by atoms with Crippen molar-refractivity contribution in [1.29, 1.82) is 0 Å². The van der Waals surface area contributed by atoms with Crippen LogP contribution in [-0.4, -0.2) is 47.6 Å². The molecule has 0 spiro atoms. The van der Waals surface area contributed by atoms with Gasteiger partial charge in [0.15, 0.2) is 0 Å². The molecule has 0 aromatic heterocycles. The van der Waals surface area contributed by atoms with Crippen LogP contribution in [0.25, 0.3) is 0 Å². The smallest absolute Gasteiger partial charge is 0.465 e. The van der Waals surface area contributed by atoms with E-state index < -0.39 is 24.4 Å². The maximum atomic E-state index is 11.7. The Morgan fingerprint density at radius 1 is 1.22 bits per heavy atom. The number of nitrogens with zero attached hydrogens (tertiary/aromatic N) is 1. The Morgan fingerprint density at radius 3 is 2.59 bits per heavy atom. The van der Waals surface area contributed by atoms with Crippen molar-refractivity contribution >= 4 is 18.7 Å². The van der Waals surface area contributed by atoms with Crippen LogP contribution in [0.5, 0.6) is 0 Å². The number of benzene rings is 1. The standard InChI is InChI=1S/C20H28BNO5/c1-19(2)20(3,4)27-21(26-19)14-10-13-7-9-25-12-16(13)15(11-14)17-6-5-8-22(17)18(23)24/h10-11,17H,5-9,12H2,1-4H3,(H,23,24)/t17-/m0/s1. The van der Waals surface area contributed by atoms with E-state index in [2.05, 4.69) is 12.1 Å². The molecule has 3 aliphatic heterocycles. The molecule has 1 amide bonds. The van der Waals surface area contributed by atoms with Crippen LogP contribution in [0.4, 0.5) is 4.79 Å². The summed E-state index contributed by atoms with van der Waals surface area (Å²) in [6.07, 6.45) is 1.69. The van der Waals surface area contributed by atoms with Gasteiger partial charge in [-0.25, -0.2) is 4.79 Å². The first-order valence-electron chi connectivity index (χ1n) is 9.78. The summed E-state index contributed by atoms with van der Waals surface area (Å²) in [5.74, 6) is 0. The molecule has 6 nitrogen and oxygen atoms in total. The second kappa shape index (κ2) is 6.50. The summed E-state index contributed by atoms with van der Waals surface area (Å²) in [6.45, 7) is 9.99. The second-order valence-corrected chi connectivity index (χ2v) is 8.77. The molecule has 7 heteroatoms. The van der Waals surface area contributed by atoms with Crippen LogP contribution < -0.4 is 5.46 Å². The number of amides is 1. The van der Waals surface area contributed by atoms with E-state index in [1.807, 2.05) is 27.7 Å². The zero-order valence-electron chi connectivity index (χ0n) is 16.6. The van der Waals surface area contributed by atoms with Crippen LogP contribution in [-0.2, 0) is 27.1 Å². The molecule has 3 heterocycles. The number of hydrogen-bond donors (Lipinski definition) is 1. The molecule has 0 radical (unpaired) electrons. The largest absolute Gasteiger partial charge is 0.494 e. The summed E-state index contributed by atoms with van der Waals surface area (Å²) in [7, 11) is -0.443. The Kier molecular flexibility index (Phi) is 4.52. The second-order valence-electron chi connectivity index (χ2n) is 8.77. The van der Waals surface area contributed by atoms with Crippen molar-refractivity contribution in [3.05, 3.63) is 28.8 Å². The fourth-order valence-corrected chi connectivity index (χ4v) is 4.27. The van der Waals surface area contributed by atoms with E-state index in [1.54, 1.807) is 4.90 Å². The quantitative estimate of drug-likeness (QED) is 0.808. The van der Waals surface area contributed by atoms with Gasteiger partial charge in [-0.15, -0.1) is 0 Å². The summed E-state index contributed by atoms with van der Waals surface area (Å²) in [6, 6.07) is 4.12. The molecule has 0 bridgehead atoms. The van der Waals surface area contributed by atoms with E-state index in [1.165, 1.54) is 5.56 Å². The molecule has 1 aromatic carbocycles. The van der Waals surface area contributed by atoms with E-state index in [0.717, 1.165) is 35.9 Å². The van der Waals surface area contributed by atoms with Crippen LogP contribution in [0, 0.1) is 0 Å². The molecule has 0 aliphatic carbocycles. The molecule has 1 N–H and O–H groups in total. The lowest BCUT2D eigenvalue weighted by Gasteiger charge is -2.32. The number of carbonyl (C=O) groups is 1. The minimum atomic E-state index is -0.857. The molecule has 0 saturated carbocycles. The lowest BCUT2D eigenvalue weighted by molar-refractivity contribution is 0.00578. The van der Waals surface area contributed by atoms with Crippen molar-refractivity contribution in [2.24, 2.45) is 0 Å². The molecule has 4 rings (SSSR count). The lowest BCUT2D eigenvalue weighted by Crippen LogP contribution is -2.41. The molecule has 146 valence electrons. The molecule has 1 atom stereocenters. The van der Waals surface area contributed by atoms with Gasteiger partial charge in [-0.05, 0) is 69.1 Å². The van der Waals surface area contributed by atoms with E-state index >= 15 is 0 Å². The highest BCUT2D eigenvalue weighted by Crippen LogP contribution is 2.39. The number of likely N-dealkylation sites (tertiary alicyclic amines) is 1. The molecule has 2 fully saturated rings. The summed E-state index contributed by atoms with van der Waals surface area (Å²) < 4.78 is 18.2. The number of rotatable bonds is 2. The molecular formula is C20H28BNO5. The average molecular weight is 373 g/mol. The van der Waals surface area contributed by atoms with E-state index in [0.29, 0.717) is 19.8 Å². The Bertz CT molecular complexity index is 747. The number of carboxylic acid groups (broad SMARTS) is 1. The zero-order valence-corrected chi connectivity index (χ0v) is 16.6. The monoisotopic (exact) mass is 373 g/mol. The third-order valence-electron chi connectivity index (χ3n) is 6.54. The Labute approximate surface area is 160 Å². The van der Waals surface area contributed by atoms with Crippen molar-refractivity contribution in [1.82, 2.24) is 4.90 Å². The Morgan fingerprint density at radius 2 is 1.93 bits per heavy atom. The van der Waals surface area contributed by atoms with Gasteiger partial charge in [0.2, 0.25) is 0 Å². The van der Waals surface area contributed by atoms with Gasteiger partial charge in [-0.1, -0.05) is 12.1 Å². The topological polar surface area (TPSA) is 68.2 Å². The normalized spacial score (nSPS) is 26.3. The van der Waals surface area contributed by atoms with Crippen LogP contribution >= 0.6 is 0 Å². The van der Waals surface area contributed by atoms with Crippen LogP contribution in [0.15, 0.2) is 12.1 Å². The van der Waals surface area contributed by atoms with Crippen molar-refractivity contribution in [3.8, 4) is 0 Å². The van der Waals surface area contributed by atoms with Crippen LogP contribution in [0.3, 0.4) is 0 Å². The summed E-state index contributed by atoms with van der Waals surface area (Å²) in [5, 5.41) is 9.61. The van der Waals surface area contributed by atoms with Gasteiger partial charge in [-0.3, -0.25) is 0 Å². The fraction of sp³-hybridized carbons (Fsp3) is 0.650. The molecule has 0 unspecified atom stereocenters. The number of hydrogen-bond acceptors (Lipinski definition) is 4. The zero-order chi connectivity index (χ0) is 19.4. The number of ether oxygens (including phenoxy) is 1. The molecule has 2 saturated heterocycles. The van der Waals surface area contributed by atoms with Gasteiger partial charge in [0, 0.05) is 6.54 Å². The number of fused-ring (bicyclic) bond motifs is 1. The van der Waals surface area contributed by atoms with Gasteiger partial charge in [0.1, 0.15) is 0 Å². The first-order chi connectivity index (χ1) is 12.7. The van der Waals surface area contributed by atoms with Crippen molar-refractivity contribution in [2.45, 2.75) is 70.8 Å². The predicted octanol–water partition coefficient (Wildman–Crippen LogP) is 2.87. The third-order valence-corrected chi connectivity index (χ3v) is 6.54. The SMILES string of the molecule is CC1(C)OB(c2cc3c(c([C@@H]4CCCN4C(=O)O)c2)COCC3)OC1(C)C. The highest BCUT2D eigenvalue weighted by atomic mass is 16.7. The van der Waals surface area contributed by atoms with Gasteiger partial charge in [0.25, 0.3) is 0 Å². The minimum Gasteiger partial charge on any atom is -0.465 e. The van der Waals surface area contributed by atoms with Crippen molar-refractivity contribution < 1.29 is 23.9 Å². The van der Waals surface area contributed by atoms with Gasteiger partial charge >= 0.3 is 13.2 Å². The van der Waals surface area contributed by atoms with Crippen molar-refractivity contribution in [2.75, 3.05) is 13.2 Å². The highest BCUT2D eigenvalue weighted by molar-refractivity contribution is 6.62. The Hall–Kier alpha value is -1.57. The van der Waals surface area contributed by atoms with E-state index in [-0.39, 0.29) is 6.04 Å². The first kappa shape index (κ1) is 18.8. The molecule has 1 aromatic rings. The third kappa shape index (κ3) is 3.16. The summed E-state index contributed by atoms with van der Waals surface area (Å²) in [4.78, 5) is 13.3. The molecular weight excluding hydrogens is 345 g/mol. The van der Waals surface area contributed by atoms with E-state index in [4.69, 9.17) is 14.0 Å². The minimum absolute atomic E-state index is 0.125. The van der Waals surface area contributed by atoms with Crippen molar-refractivity contribution in [3.63, 3.8) is 0 Å². The van der Waals surface area contributed by atoms with Crippen LogP contribution in [0.1, 0.15) is 63.3 Å². The van der Waals surface area contributed by atoms with Crippen LogP contribution in [0.2, 0.25) is 0 Å².